The van der Waals surface area contributed by atoms with E-state index in [9.17, 15) is 0 Å². The van der Waals surface area contributed by atoms with E-state index in [2.05, 4.69) is 17.1 Å². The van der Waals surface area contributed by atoms with E-state index >= 15 is 0 Å². The van der Waals surface area contributed by atoms with E-state index in [4.69, 9.17) is 0 Å². The minimum atomic E-state index is 0.902. The Morgan fingerprint density at radius 1 is 1.20 bits per heavy atom. The summed E-state index contributed by atoms with van der Waals surface area (Å²) in [6.07, 6.45) is 10.1. The summed E-state index contributed by atoms with van der Waals surface area (Å²) in [6.45, 7) is 2.66. The number of hydrogen-bond donors (Lipinski definition) is 0. The van der Waals surface area contributed by atoms with Crippen molar-refractivity contribution in [1.82, 2.24) is 4.90 Å². The van der Waals surface area contributed by atoms with Gasteiger partial charge in [-0.1, -0.05) is 12.2 Å². The lowest BCUT2D eigenvalue weighted by atomic mass is 10.1. The summed E-state index contributed by atoms with van der Waals surface area (Å²) in [7, 11) is 0. The summed E-state index contributed by atoms with van der Waals surface area (Å²) >= 11 is 0. The van der Waals surface area contributed by atoms with Crippen LogP contribution in [0.2, 0.25) is 0 Å². The fourth-order valence-corrected chi connectivity index (χ4v) is 2.07. The molecule has 2 aliphatic heterocycles. The van der Waals surface area contributed by atoms with Crippen LogP contribution in [0.4, 0.5) is 0 Å². The van der Waals surface area contributed by atoms with Gasteiger partial charge in [0.2, 0.25) is 0 Å². The van der Waals surface area contributed by atoms with Crippen molar-refractivity contribution in [2.75, 3.05) is 13.1 Å². The predicted octanol–water partition coefficient (Wildman–Crippen LogP) is 1.80. The second kappa shape index (κ2) is 2.75. The van der Waals surface area contributed by atoms with Crippen LogP contribution in [0, 0.1) is 0 Å². The maximum Gasteiger partial charge on any atom is 0.0130 e. The lowest BCUT2D eigenvalue weighted by Crippen LogP contribution is -2.28. The van der Waals surface area contributed by atoms with Crippen molar-refractivity contribution >= 4 is 0 Å². The van der Waals surface area contributed by atoms with Gasteiger partial charge in [-0.15, -0.1) is 0 Å². The van der Waals surface area contributed by atoms with E-state index < -0.39 is 0 Å². The van der Waals surface area contributed by atoms with Crippen LogP contribution < -0.4 is 0 Å². The van der Waals surface area contributed by atoms with Gasteiger partial charge in [-0.05, 0) is 32.2 Å². The molecule has 0 N–H and O–H groups in total. The molecule has 10 heavy (non-hydrogen) atoms. The Hall–Kier alpha value is -0.300. The van der Waals surface area contributed by atoms with Crippen LogP contribution in [-0.2, 0) is 0 Å². The molecule has 1 fully saturated rings. The van der Waals surface area contributed by atoms with Crippen molar-refractivity contribution in [3.8, 4) is 0 Å². The molecule has 2 aliphatic rings. The molecular formula is C9H15N. The van der Waals surface area contributed by atoms with Crippen molar-refractivity contribution in [1.29, 1.82) is 0 Å². The molecule has 0 amide bonds. The minimum Gasteiger partial charge on any atom is -0.300 e. The third kappa shape index (κ3) is 1.10. The molecule has 0 aromatic heterocycles. The van der Waals surface area contributed by atoms with Gasteiger partial charge in [0.25, 0.3) is 0 Å². The zero-order valence-electron chi connectivity index (χ0n) is 6.42. The first-order valence-corrected chi connectivity index (χ1v) is 4.36. The van der Waals surface area contributed by atoms with Crippen LogP contribution in [0.25, 0.3) is 0 Å². The van der Waals surface area contributed by atoms with Gasteiger partial charge in [0.15, 0.2) is 0 Å². The van der Waals surface area contributed by atoms with Gasteiger partial charge in [-0.25, -0.2) is 0 Å². The first kappa shape index (κ1) is 6.41. The van der Waals surface area contributed by atoms with Gasteiger partial charge in [0.05, 0.1) is 0 Å². The maximum atomic E-state index is 2.64. The Morgan fingerprint density at radius 3 is 3.20 bits per heavy atom. The van der Waals surface area contributed by atoms with Gasteiger partial charge >= 0.3 is 0 Å². The molecule has 0 saturated carbocycles. The predicted molar refractivity (Wildman–Crippen MR) is 43.0 cm³/mol. The maximum absolute atomic E-state index is 2.64. The molecule has 0 aromatic rings. The summed E-state index contributed by atoms with van der Waals surface area (Å²) < 4.78 is 0. The van der Waals surface area contributed by atoms with E-state index in [1.165, 1.54) is 38.8 Å². The second-order valence-electron chi connectivity index (χ2n) is 3.33. The summed E-state index contributed by atoms with van der Waals surface area (Å²) in [5, 5.41) is 0. The number of hydrogen-bond acceptors (Lipinski definition) is 1. The summed E-state index contributed by atoms with van der Waals surface area (Å²) in [6, 6.07) is 0.902. The molecule has 0 unspecified atom stereocenters. The summed E-state index contributed by atoms with van der Waals surface area (Å²) in [5.41, 5.74) is 0. The second-order valence-corrected chi connectivity index (χ2v) is 3.33. The fourth-order valence-electron chi connectivity index (χ4n) is 2.07. The van der Waals surface area contributed by atoms with Crippen molar-refractivity contribution in [2.45, 2.75) is 31.7 Å². The normalized spacial score (nSPS) is 33.8. The first-order chi connectivity index (χ1) is 4.97. The van der Waals surface area contributed by atoms with Crippen molar-refractivity contribution in [2.24, 2.45) is 0 Å². The van der Waals surface area contributed by atoms with Crippen molar-refractivity contribution in [3.05, 3.63) is 12.2 Å². The molecule has 2 heterocycles. The van der Waals surface area contributed by atoms with Gasteiger partial charge in [0, 0.05) is 12.6 Å². The largest absolute Gasteiger partial charge is 0.300 e. The van der Waals surface area contributed by atoms with Crippen LogP contribution in [0.5, 0.6) is 0 Å². The van der Waals surface area contributed by atoms with Crippen molar-refractivity contribution in [3.63, 3.8) is 0 Å². The van der Waals surface area contributed by atoms with E-state index in [1.807, 2.05) is 0 Å². The molecule has 0 radical (unpaired) electrons. The molecule has 1 heteroatoms. The van der Waals surface area contributed by atoms with E-state index in [0.717, 1.165) is 6.04 Å². The van der Waals surface area contributed by atoms with Gasteiger partial charge in [0.1, 0.15) is 0 Å². The quantitative estimate of drug-likeness (QED) is 0.460. The summed E-state index contributed by atoms with van der Waals surface area (Å²) in [4.78, 5) is 2.64. The molecule has 56 valence electrons. The first-order valence-electron chi connectivity index (χ1n) is 4.36. The number of fused-ring (bicyclic) bond motifs is 1. The van der Waals surface area contributed by atoms with Gasteiger partial charge < -0.3 is 0 Å². The highest BCUT2D eigenvalue weighted by Crippen LogP contribution is 2.22. The Bertz CT molecular complexity index is 140. The molecule has 1 saturated heterocycles. The van der Waals surface area contributed by atoms with E-state index in [0.29, 0.717) is 0 Å². The average Bonchev–Trinajstić information content (AvgIpc) is 2.28. The molecule has 0 aromatic carbocycles. The van der Waals surface area contributed by atoms with E-state index in [1.54, 1.807) is 0 Å². The van der Waals surface area contributed by atoms with E-state index in [-0.39, 0.29) is 0 Å². The zero-order chi connectivity index (χ0) is 6.81. The topological polar surface area (TPSA) is 3.24 Å². The van der Waals surface area contributed by atoms with Crippen LogP contribution in [0.15, 0.2) is 12.2 Å². The molecule has 2 rings (SSSR count). The highest BCUT2D eigenvalue weighted by Gasteiger charge is 2.23. The highest BCUT2D eigenvalue weighted by molar-refractivity contribution is 4.94. The smallest absolute Gasteiger partial charge is 0.0130 e. The fraction of sp³-hybridized carbons (Fsp3) is 0.778. The number of rotatable bonds is 0. The molecular weight excluding hydrogens is 122 g/mol. The van der Waals surface area contributed by atoms with Crippen LogP contribution in [0.3, 0.4) is 0 Å². The standard InChI is InChI=1S/C9H15N/c1-2-5-9-6-4-8-10(9)7-3-1/h1-2,9H,3-8H2/t9-/m1/s1. The Labute approximate surface area is 62.7 Å². The highest BCUT2D eigenvalue weighted by atomic mass is 15.2. The zero-order valence-corrected chi connectivity index (χ0v) is 6.42. The van der Waals surface area contributed by atoms with Crippen LogP contribution >= 0.6 is 0 Å². The third-order valence-corrected chi connectivity index (χ3v) is 2.66. The molecule has 0 spiro atoms. The van der Waals surface area contributed by atoms with Gasteiger partial charge in [-0.3, -0.25) is 4.90 Å². The van der Waals surface area contributed by atoms with Crippen LogP contribution in [0.1, 0.15) is 25.7 Å². The lowest BCUT2D eigenvalue weighted by molar-refractivity contribution is 0.265. The minimum absolute atomic E-state index is 0.902. The van der Waals surface area contributed by atoms with Gasteiger partial charge in [-0.2, -0.15) is 0 Å². The molecule has 0 bridgehead atoms. The lowest BCUT2D eigenvalue weighted by Gasteiger charge is -2.20. The Balaban J connectivity index is 2.02. The Kier molecular flexibility index (Phi) is 1.76. The molecule has 1 atom stereocenters. The monoisotopic (exact) mass is 137 g/mol. The SMILES string of the molecule is C1=CC[C@@H]2CCCN2CC1. The molecule has 0 aliphatic carbocycles. The average molecular weight is 137 g/mol. The summed E-state index contributed by atoms with van der Waals surface area (Å²) in [5.74, 6) is 0. The Morgan fingerprint density at radius 2 is 2.20 bits per heavy atom. The van der Waals surface area contributed by atoms with Crippen molar-refractivity contribution < 1.29 is 0 Å². The third-order valence-electron chi connectivity index (χ3n) is 2.66. The van der Waals surface area contributed by atoms with Crippen LogP contribution in [-0.4, -0.2) is 24.0 Å². The molecule has 1 nitrogen and oxygen atoms in total. The number of nitrogens with zero attached hydrogens (tertiary/aromatic N) is 1.